The zero-order valence-corrected chi connectivity index (χ0v) is 12.5. The first-order valence-corrected chi connectivity index (χ1v) is 7.29. The van der Waals surface area contributed by atoms with Gasteiger partial charge in [0.15, 0.2) is 0 Å². The molecule has 0 atom stereocenters. The molecule has 8 heteroatoms. The molecule has 0 saturated carbocycles. The summed E-state index contributed by atoms with van der Waals surface area (Å²) >= 11 is 1.33. The number of carboxylic acid groups (broad SMARTS) is 1. The zero-order valence-electron chi connectivity index (χ0n) is 11.7. The summed E-state index contributed by atoms with van der Waals surface area (Å²) in [4.78, 5) is 31.7. The van der Waals surface area contributed by atoms with Gasteiger partial charge in [-0.2, -0.15) is 0 Å². The van der Waals surface area contributed by atoms with Gasteiger partial charge in [0.2, 0.25) is 0 Å². The molecule has 0 spiro atoms. The van der Waals surface area contributed by atoms with Crippen molar-refractivity contribution in [2.75, 3.05) is 18.5 Å². The second-order valence-electron chi connectivity index (χ2n) is 4.24. The van der Waals surface area contributed by atoms with Gasteiger partial charge in [-0.25, -0.2) is 14.8 Å². The summed E-state index contributed by atoms with van der Waals surface area (Å²) in [5, 5.41) is 13.9. The second kappa shape index (κ2) is 6.49. The summed E-state index contributed by atoms with van der Waals surface area (Å²) in [6.45, 7) is 3.98. The van der Waals surface area contributed by atoms with Crippen LogP contribution in [0.5, 0.6) is 0 Å². The van der Waals surface area contributed by atoms with Gasteiger partial charge in [0.05, 0.1) is 24.0 Å². The monoisotopic (exact) mass is 309 g/mol. The minimum absolute atomic E-state index is 0.0383. The summed E-state index contributed by atoms with van der Waals surface area (Å²) in [5.74, 6) is -0.321. The van der Waals surface area contributed by atoms with Crippen molar-refractivity contribution in [2.24, 2.45) is 0 Å². The molecule has 0 aliphatic heterocycles. The maximum atomic E-state index is 11.9. The van der Waals surface area contributed by atoms with Gasteiger partial charge in [0, 0.05) is 11.9 Å². The van der Waals surface area contributed by atoms with Crippen molar-refractivity contribution in [3.63, 3.8) is 0 Å². The lowest BCUT2D eigenvalue weighted by atomic mass is 10.2. The molecule has 0 aliphatic carbocycles. The third-order valence-electron chi connectivity index (χ3n) is 2.67. The first kappa shape index (κ1) is 15.2. The van der Waals surface area contributed by atoms with Crippen molar-refractivity contribution in [1.82, 2.24) is 9.97 Å². The van der Waals surface area contributed by atoms with Crippen molar-refractivity contribution >= 4 is 39.3 Å². The van der Waals surface area contributed by atoms with E-state index in [1.165, 1.54) is 11.3 Å². The Balaban J connectivity index is 2.39. The molecule has 2 aromatic heterocycles. The molecule has 0 amide bonds. The summed E-state index contributed by atoms with van der Waals surface area (Å²) in [6.07, 6.45) is -0.0383. The quantitative estimate of drug-likeness (QED) is 0.787. The zero-order chi connectivity index (χ0) is 15.4. The van der Waals surface area contributed by atoms with Gasteiger partial charge in [0.25, 0.3) is 0 Å². The molecule has 2 rings (SSSR count). The van der Waals surface area contributed by atoms with E-state index in [1.54, 1.807) is 19.2 Å². The van der Waals surface area contributed by atoms with E-state index < -0.39 is 11.9 Å². The minimum Gasteiger partial charge on any atom is -0.481 e. The molecule has 2 aromatic rings. The Morgan fingerprint density at radius 2 is 2.19 bits per heavy atom. The topological polar surface area (TPSA) is 101 Å². The molecule has 2 heterocycles. The van der Waals surface area contributed by atoms with Crippen LogP contribution in [0.2, 0.25) is 0 Å². The van der Waals surface area contributed by atoms with Gasteiger partial charge >= 0.3 is 11.9 Å². The maximum Gasteiger partial charge on any atom is 0.339 e. The highest BCUT2D eigenvalue weighted by Gasteiger charge is 2.19. The second-order valence-corrected chi connectivity index (χ2v) is 5.10. The fourth-order valence-corrected chi connectivity index (χ4v) is 2.78. The number of rotatable bonds is 6. The van der Waals surface area contributed by atoms with Crippen LogP contribution >= 0.6 is 11.3 Å². The van der Waals surface area contributed by atoms with E-state index in [1.807, 2.05) is 0 Å². The number of aliphatic carboxylic acids is 1. The Kier molecular flexibility index (Phi) is 4.69. The van der Waals surface area contributed by atoms with Gasteiger partial charge in [-0.3, -0.25) is 4.79 Å². The third kappa shape index (κ3) is 3.46. The Morgan fingerprint density at radius 1 is 1.43 bits per heavy atom. The van der Waals surface area contributed by atoms with Crippen LogP contribution in [0, 0.1) is 6.92 Å². The molecule has 21 heavy (non-hydrogen) atoms. The number of thiophene rings is 1. The van der Waals surface area contributed by atoms with Crippen LogP contribution in [0.3, 0.4) is 0 Å². The molecular formula is C13H15N3O4S. The largest absolute Gasteiger partial charge is 0.481 e. The molecule has 0 aromatic carbocycles. The van der Waals surface area contributed by atoms with Gasteiger partial charge in [-0.15, -0.1) is 11.3 Å². The van der Waals surface area contributed by atoms with Crippen molar-refractivity contribution in [3.05, 3.63) is 16.8 Å². The van der Waals surface area contributed by atoms with Crippen LogP contribution in [0.1, 0.15) is 29.5 Å². The molecule has 7 nitrogen and oxygen atoms in total. The van der Waals surface area contributed by atoms with E-state index in [2.05, 4.69) is 15.3 Å². The lowest BCUT2D eigenvalue weighted by Crippen LogP contribution is -2.11. The number of hydrogen-bond donors (Lipinski definition) is 2. The molecule has 0 radical (unpaired) electrons. The van der Waals surface area contributed by atoms with Crippen LogP contribution in [-0.4, -0.2) is 40.2 Å². The number of fused-ring (bicyclic) bond motifs is 1. The van der Waals surface area contributed by atoms with Crippen LogP contribution in [0.25, 0.3) is 10.2 Å². The molecular weight excluding hydrogens is 294 g/mol. The van der Waals surface area contributed by atoms with E-state index in [0.29, 0.717) is 27.4 Å². The summed E-state index contributed by atoms with van der Waals surface area (Å²) in [7, 11) is 0. The highest BCUT2D eigenvalue weighted by molar-refractivity contribution is 7.17. The van der Waals surface area contributed by atoms with Crippen molar-refractivity contribution in [3.8, 4) is 0 Å². The first-order chi connectivity index (χ1) is 10.0. The molecule has 0 aliphatic rings. The summed E-state index contributed by atoms with van der Waals surface area (Å²) < 4.78 is 5.01. The number of hydrogen-bond acceptors (Lipinski definition) is 7. The number of anilines is 1. The van der Waals surface area contributed by atoms with Crippen LogP contribution < -0.4 is 5.32 Å². The number of carboxylic acids is 1. The predicted molar refractivity (Wildman–Crippen MR) is 78.9 cm³/mol. The number of carbonyl (C=O) groups is 2. The molecule has 0 bridgehead atoms. The van der Waals surface area contributed by atoms with Gasteiger partial charge in [-0.05, 0) is 13.8 Å². The Hall–Kier alpha value is -2.22. The molecule has 112 valence electrons. The Labute approximate surface area is 125 Å². The van der Waals surface area contributed by atoms with Crippen molar-refractivity contribution in [2.45, 2.75) is 20.3 Å². The fourth-order valence-electron chi connectivity index (χ4n) is 1.82. The lowest BCUT2D eigenvalue weighted by molar-refractivity contribution is -0.136. The van der Waals surface area contributed by atoms with E-state index >= 15 is 0 Å². The maximum absolute atomic E-state index is 11.9. The summed E-state index contributed by atoms with van der Waals surface area (Å²) in [6, 6.07) is 0. The number of carbonyl (C=O) groups excluding carboxylic acids is 1. The normalized spacial score (nSPS) is 10.6. The number of aromatic nitrogens is 2. The third-order valence-corrected chi connectivity index (χ3v) is 3.54. The Bertz CT molecular complexity index is 683. The van der Waals surface area contributed by atoms with E-state index in [4.69, 9.17) is 9.84 Å². The SMILES string of the molecule is CCOC(=O)c1csc2nc(C)nc(NCCC(=O)O)c12. The van der Waals surface area contributed by atoms with Crippen molar-refractivity contribution in [1.29, 1.82) is 0 Å². The highest BCUT2D eigenvalue weighted by atomic mass is 32.1. The highest BCUT2D eigenvalue weighted by Crippen LogP contribution is 2.30. The standard InChI is InChI=1S/C13H15N3O4S/c1-3-20-13(19)8-6-21-12-10(8)11(15-7(2)16-12)14-5-4-9(17)18/h6H,3-5H2,1-2H3,(H,17,18)(H,14,15,16). The Morgan fingerprint density at radius 3 is 2.86 bits per heavy atom. The molecule has 0 saturated heterocycles. The van der Waals surface area contributed by atoms with Crippen molar-refractivity contribution < 1.29 is 19.4 Å². The minimum atomic E-state index is -0.902. The number of aryl methyl sites for hydroxylation is 1. The van der Waals surface area contributed by atoms with E-state index in [9.17, 15) is 9.59 Å². The molecule has 0 unspecified atom stereocenters. The van der Waals surface area contributed by atoms with E-state index in [0.717, 1.165) is 0 Å². The number of nitrogens with zero attached hydrogens (tertiary/aromatic N) is 2. The number of ether oxygens (including phenoxy) is 1. The summed E-state index contributed by atoms with van der Waals surface area (Å²) in [5.41, 5.74) is 0.398. The average Bonchev–Trinajstić information content (AvgIpc) is 2.82. The van der Waals surface area contributed by atoms with Crippen LogP contribution in [0.15, 0.2) is 5.38 Å². The van der Waals surface area contributed by atoms with Crippen LogP contribution in [0.4, 0.5) is 5.82 Å². The predicted octanol–water partition coefficient (Wildman–Crippen LogP) is 2.06. The first-order valence-electron chi connectivity index (χ1n) is 6.41. The van der Waals surface area contributed by atoms with E-state index in [-0.39, 0.29) is 19.6 Å². The van der Waals surface area contributed by atoms with Crippen LogP contribution in [-0.2, 0) is 9.53 Å². The fraction of sp³-hybridized carbons (Fsp3) is 0.385. The van der Waals surface area contributed by atoms with Gasteiger partial charge in [-0.1, -0.05) is 0 Å². The molecule has 0 fully saturated rings. The average molecular weight is 309 g/mol. The van der Waals surface area contributed by atoms with Gasteiger partial charge in [0.1, 0.15) is 16.5 Å². The number of esters is 1. The molecule has 2 N–H and O–H groups in total. The smallest absolute Gasteiger partial charge is 0.339 e. The van der Waals surface area contributed by atoms with Gasteiger partial charge < -0.3 is 15.2 Å². The lowest BCUT2D eigenvalue weighted by Gasteiger charge is -2.08. The number of nitrogens with one attached hydrogen (secondary N) is 1.